The zero-order valence-electron chi connectivity index (χ0n) is 12.3. The molecule has 8 heteroatoms. The molecule has 0 atom stereocenters. The third-order valence-corrected chi connectivity index (χ3v) is 3.29. The monoisotopic (exact) mass is 317 g/mol. The summed E-state index contributed by atoms with van der Waals surface area (Å²) in [6.45, 7) is 2.81. The molecule has 0 aliphatic carbocycles. The molecule has 2 amide bonds. The Hall–Kier alpha value is -2.74. The van der Waals surface area contributed by atoms with E-state index in [9.17, 15) is 9.18 Å². The quantitative estimate of drug-likeness (QED) is 0.906. The molecule has 2 N–H and O–H groups in total. The fraction of sp³-hybridized carbons (Fsp3) is 0.267. The fourth-order valence-electron chi connectivity index (χ4n) is 2.14. The average Bonchev–Trinajstić information content (AvgIpc) is 2.58. The van der Waals surface area contributed by atoms with E-state index in [1.807, 2.05) is 4.90 Å². The first-order chi connectivity index (χ1) is 11.2. The summed E-state index contributed by atoms with van der Waals surface area (Å²) in [6.07, 6.45) is 3.09. The number of halogens is 1. The number of carbonyl (C=O) groups excluding carboxylic acids is 1. The van der Waals surface area contributed by atoms with Crippen LogP contribution in [0, 0.1) is 5.82 Å². The highest BCUT2D eigenvalue weighted by molar-refractivity contribution is 5.99. The third kappa shape index (κ3) is 4.13. The number of nitrogens with zero attached hydrogens (tertiary/aromatic N) is 3. The summed E-state index contributed by atoms with van der Waals surface area (Å²) >= 11 is 0. The van der Waals surface area contributed by atoms with Gasteiger partial charge in [0.2, 0.25) is 5.95 Å². The number of amides is 2. The standard InChI is InChI=1S/C15H16FN5O2/c16-11-1-3-12(4-2-11)19-15(22)20-13-9-17-14(18-10-13)21-5-7-23-8-6-21/h1-4,9-10H,5-8H2,(H2,19,20,22). The Balaban J connectivity index is 1.57. The van der Waals surface area contributed by atoms with Gasteiger partial charge in [-0.3, -0.25) is 0 Å². The lowest BCUT2D eigenvalue weighted by atomic mass is 10.3. The lowest BCUT2D eigenvalue weighted by Gasteiger charge is -2.26. The summed E-state index contributed by atoms with van der Waals surface area (Å²) in [5.41, 5.74) is 0.969. The molecule has 0 radical (unpaired) electrons. The minimum absolute atomic E-state index is 0.358. The topological polar surface area (TPSA) is 79.4 Å². The van der Waals surface area contributed by atoms with Crippen LogP contribution < -0.4 is 15.5 Å². The molecule has 1 aromatic carbocycles. The number of benzene rings is 1. The maximum Gasteiger partial charge on any atom is 0.323 e. The van der Waals surface area contributed by atoms with Crippen LogP contribution in [0.15, 0.2) is 36.7 Å². The Morgan fingerprint density at radius 3 is 2.30 bits per heavy atom. The highest BCUT2D eigenvalue weighted by Crippen LogP contribution is 2.13. The summed E-state index contributed by atoms with van der Waals surface area (Å²) in [5, 5.41) is 5.22. The van der Waals surface area contributed by atoms with Gasteiger partial charge in [-0.2, -0.15) is 0 Å². The van der Waals surface area contributed by atoms with Crippen LogP contribution in [0.3, 0.4) is 0 Å². The Morgan fingerprint density at radius 1 is 1.04 bits per heavy atom. The van der Waals surface area contributed by atoms with Gasteiger partial charge in [0, 0.05) is 18.8 Å². The number of carbonyl (C=O) groups is 1. The predicted molar refractivity (Wildman–Crippen MR) is 84.1 cm³/mol. The van der Waals surface area contributed by atoms with Crippen molar-refractivity contribution < 1.29 is 13.9 Å². The first-order valence-electron chi connectivity index (χ1n) is 7.19. The van der Waals surface area contributed by atoms with Gasteiger partial charge in [-0.15, -0.1) is 0 Å². The average molecular weight is 317 g/mol. The first-order valence-corrected chi connectivity index (χ1v) is 7.19. The summed E-state index contributed by atoms with van der Waals surface area (Å²) < 4.78 is 18.1. The molecule has 1 fully saturated rings. The van der Waals surface area contributed by atoms with Crippen LogP contribution in [0.1, 0.15) is 0 Å². The molecule has 1 saturated heterocycles. The molecule has 3 rings (SSSR count). The molecule has 1 aliphatic heterocycles. The summed E-state index contributed by atoms with van der Waals surface area (Å²) in [6, 6.07) is 5.06. The number of anilines is 3. The highest BCUT2D eigenvalue weighted by Gasteiger charge is 2.13. The van der Waals surface area contributed by atoms with Crippen LogP contribution in [-0.2, 0) is 4.74 Å². The predicted octanol–water partition coefficient (Wildman–Crippen LogP) is 2.10. The first kappa shape index (κ1) is 15.2. The molecule has 1 aliphatic rings. The lowest BCUT2D eigenvalue weighted by Crippen LogP contribution is -2.37. The number of aromatic nitrogens is 2. The number of rotatable bonds is 3. The van der Waals surface area contributed by atoms with Crippen molar-refractivity contribution in [2.75, 3.05) is 41.8 Å². The van der Waals surface area contributed by atoms with E-state index in [1.165, 1.54) is 24.3 Å². The molecule has 0 bridgehead atoms. The van der Waals surface area contributed by atoms with E-state index >= 15 is 0 Å². The van der Waals surface area contributed by atoms with Crippen LogP contribution in [0.2, 0.25) is 0 Å². The van der Waals surface area contributed by atoms with Gasteiger partial charge in [-0.05, 0) is 24.3 Å². The summed E-state index contributed by atoms with van der Waals surface area (Å²) in [4.78, 5) is 22.4. The van der Waals surface area contributed by atoms with E-state index in [1.54, 1.807) is 12.4 Å². The van der Waals surface area contributed by atoms with Gasteiger partial charge in [0.05, 0.1) is 31.3 Å². The van der Waals surface area contributed by atoms with Crippen LogP contribution in [0.25, 0.3) is 0 Å². The van der Waals surface area contributed by atoms with Crippen molar-refractivity contribution in [2.45, 2.75) is 0 Å². The van der Waals surface area contributed by atoms with Crippen LogP contribution in [0.5, 0.6) is 0 Å². The minimum atomic E-state index is -0.445. The van der Waals surface area contributed by atoms with Crippen molar-refractivity contribution in [2.24, 2.45) is 0 Å². The van der Waals surface area contributed by atoms with Gasteiger partial charge in [0.15, 0.2) is 0 Å². The van der Waals surface area contributed by atoms with E-state index in [0.717, 1.165) is 13.1 Å². The maximum absolute atomic E-state index is 12.8. The Labute approximate surface area is 132 Å². The molecule has 0 saturated carbocycles. The Kier molecular flexibility index (Phi) is 4.62. The van der Waals surface area contributed by atoms with Gasteiger partial charge in [0.1, 0.15) is 5.82 Å². The highest BCUT2D eigenvalue weighted by atomic mass is 19.1. The molecule has 2 aromatic rings. The molecular formula is C15H16FN5O2. The number of morpholine rings is 1. The molecule has 1 aromatic heterocycles. The third-order valence-electron chi connectivity index (χ3n) is 3.29. The SMILES string of the molecule is O=C(Nc1ccc(F)cc1)Nc1cnc(N2CCOCC2)nc1. The number of nitrogens with one attached hydrogen (secondary N) is 2. The zero-order valence-corrected chi connectivity index (χ0v) is 12.3. The smallest absolute Gasteiger partial charge is 0.323 e. The van der Waals surface area contributed by atoms with Gasteiger partial charge in [0.25, 0.3) is 0 Å². The molecule has 2 heterocycles. The maximum atomic E-state index is 12.8. The number of hydrogen-bond donors (Lipinski definition) is 2. The van der Waals surface area contributed by atoms with Crippen molar-refractivity contribution in [1.82, 2.24) is 9.97 Å². The van der Waals surface area contributed by atoms with Crippen LogP contribution in [-0.4, -0.2) is 42.3 Å². The second-order valence-electron chi connectivity index (χ2n) is 4.96. The van der Waals surface area contributed by atoms with E-state index < -0.39 is 6.03 Å². The summed E-state index contributed by atoms with van der Waals surface area (Å²) in [7, 11) is 0. The number of ether oxygens (including phenoxy) is 1. The molecule has 120 valence electrons. The van der Waals surface area contributed by atoms with Crippen molar-refractivity contribution in [3.63, 3.8) is 0 Å². The fourth-order valence-corrected chi connectivity index (χ4v) is 2.14. The Morgan fingerprint density at radius 2 is 1.65 bits per heavy atom. The Bertz CT molecular complexity index is 657. The molecule has 0 unspecified atom stereocenters. The minimum Gasteiger partial charge on any atom is -0.378 e. The second kappa shape index (κ2) is 7.01. The normalized spacial score (nSPS) is 14.4. The van der Waals surface area contributed by atoms with Crippen molar-refractivity contribution in [3.8, 4) is 0 Å². The van der Waals surface area contributed by atoms with E-state index in [2.05, 4.69) is 20.6 Å². The largest absolute Gasteiger partial charge is 0.378 e. The lowest BCUT2D eigenvalue weighted by molar-refractivity contribution is 0.122. The molecular weight excluding hydrogens is 301 g/mol. The van der Waals surface area contributed by atoms with Crippen molar-refractivity contribution in [1.29, 1.82) is 0 Å². The molecule has 0 spiro atoms. The van der Waals surface area contributed by atoms with Gasteiger partial charge >= 0.3 is 6.03 Å². The molecule has 7 nitrogen and oxygen atoms in total. The van der Waals surface area contributed by atoms with E-state index in [4.69, 9.17) is 4.74 Å². The number of hydrogen-bond acceptors (Lipinski definition) is 5. The number of urea groups is 1. The molecule has 23 heavy (non-hydrogen) atoms. The summed E-state index contributed by atoms with van der Waals surface area (Å²) in [5.74, 6) is 0.251. The van der Waals surface area contributed by atoms with E-state index in [0.29, 0.717) is 30.5 Å². The van der Waals surface area contributed by atoms with Gasteiger partial charge < -0.3 is 20.3 Å². The van der Waals surface area contributed by atoms with Crippen LogP contribution in [0.4, 0.5) is 26.5 Å². The van der Waals surface area contributed by atoms with E-state index in [-0.39, 0.29) is 5.82 Å². The zero-order chi connectivity index (χ0) is 16.1. The van der Waals surface area contributed by atoms with Gasteiger partial charge in [-0.25, -0.2) is 19.2 Å². The van der Waals surface area contributed by atoms with Crippen molar-refractivity contribution in [3.05, 3.63) is 42.5 Å². The van der Waals surface area contributed by atoms with Crippen molar-refractivity contribution >= 4 is 23.4 Å². The van der Waals surface area contributed by atoms with Gasteiger partial charge in [-0.1, -0.05) is 0 Å². The second-order valence-corrected chi connectivity index (χ2v) is 4.96. The van der Waals surface area contributed by atoms with Crippen LogP contribution >= 0.6 is 0 Å².